The highest BCUT2D eigenvalue weighted by atomic mass is 19.4. The van der Waals surface area contributed by atoms with Gasteiger partial charge in [-0.05, 0) is 6.07 Å². The number of para-hydroxylation sites is 1. The lowest BCUT2D eigenvalue weighted by Crippen LogP contribution is -2.21. The van der Waals surface area contributed by atoms with E-state index in [2.05, 4.69) is 9.97 Å². The molecule has 0 saturated carbocycles. The van der Waals surface area contributed by atoms with Crippen molar-refractivity contribution in [3.05, 3.63) is 30.7 Å². The lowest BCUT2D eigenvalue weighted by Gasteiger charge is -1.96. The molecule has 7 nitrogen and oxygen atoms in total. The second-order valence-corrected chi connectivity index (χ2v) is 3.84. The largest absolute Gasteiger partial charge is 0.506 e. The summed E-state index contributed by atoms with van der Waals surface area (Å²) in [5.41, 5.74) is 0.600. The summed E-state index contributed by atoms with van der Waals surface area (Å²) in [6.45, 7) is 0. The van der Waals surface area contributed by atoms with Crippen molar-refractivity contribution >= 4 is 22.8 Å². The zero-order valence-corrected chi connectivity index (χ0v) is 11.7. The van der Waals surface area contributed by atoms with Crippen LogP contribution in [0.1, 0.15) is 0 Å². The zero-order valence-electron chi connectivity index (χ0n) is 11.7. The smallest absolute Gasteiger partial charge is 0.490 e. The Bertz CT molecular complexity index is 702. The first-order chi connectivity index (χ1) is 11.3. The van der Waals surface area contributed by atoms with Gasteiger partial charge in [0.05, 0.1) is 0 Å². The summed E-state index contributed by atoms with van der Waals surface area (Å²) in [6, 6.07) is 5.23. The lowest BCUT2D eigenvalue weighted by molar-refractivity contribution is -0.193. The fourth-order valence-electron chi connectivity index (χ4n) is 0.998. The summed E-state index contributed by atoms with van der Waals surface area (Å²) in [6.07, 6.45) is -7.08. The summed E-state index contributed by atoms with van der Waals surface area (Å²) in [7, 11) is 0. The summed E-state index contributed by atoms with van der Waals surface area (Å²) in [4.78, 5) is 25.5. The van der Waals surface area contributed by atoms with E-state index in [1.807, 2.05) is 6.07 Å². The summed E-state index contributed by atoms with van der Waals surface area (Å²) in [5, 5.41) is 24.4. The van der Waals surface area contributed by atoms with Crippen LogP contribution < -0.4 is 0 Å². The van der Waals surface area contributed by atoms with Gasteiger partial charge in [0.15, 0.2) is 0 Å². The predicted molar refractivity (Wildman–Crippen MR) is 68.6 cm³/mol. The molecule has 0 unspecified atom stereocenters. The minimum Gasteiger partial charge on any atom is -0.506 e. The molecule has 0 aliphatic carbocycles. The number of carbonyl (C=O) groups is 2. The minimum atomic E-state index is -5.08. The van der Waals surface area contributed by atoms with E-state index in [1.54, 1.807) is 18.3 Å². The first kappa shape index (κ1) is 21.9. The van der Waals surface area contributed by atoms with Crippen molar-refractivity contribution in [2.75, 3.05) is 0 Å². The van der Waals surface area contributed by atoms with E-state index < -0.39 is 24.3 Å². The third kappa shape index (κ3) is 8.34. The molecule has 0 aliphatic heterocycles. The average Bonchev–Trinajstić information content (AvgIpc) is 2.47. The summed E-state index contributed by atoms with van der Waals surface area (Å²) < 4.78 is 63.5. The molecule has 0 radical (unpaired) electrons. The van der Waals surface area contributed by atoms with Crippen LogP contribution in [-0.2, 0) is 9.59 Å². The van der Waals surface area contributed by atoms with E-state index in [0.717, 1.165) is 5.39 Å². The Morgan fingerprint density at radius 3 is 1.72 bits per heavy atom. The number of aromatic nitrogens is 2. The van der Waals surface area contributed by atoms with Crippen molar-refractivity contribution in [2.24, 2.45) is 0 Å². The van der Waals surface area contributed by atoms with Gasteiger partial charge >= 0.3 is 24.3 Å². The Morgan fingerprint density at radius 1 is 0.920 bits per heavy atom. The summed E-state index contributed by atoms with van der Waals surface area (Å²) in [5.74, 6) is -5.31. The number of fused-ring (bicyclic) bond motifs is 1. The standard InChI is InChI=1S/C8H6N2O.2C2HF3O2/c11-7-3-1-2-6-4-9-5-10-8(6)7;2*3-2(4,5)1(6)7/h1-5,11H;2*(H,6,7). The first-order valence-corrected chi connectivity index (χ1v) is 5.74. The molecule has 0 spiro atoms. The first-order valence-electron chi connectivity index (χ1n) is 5.74. The maximum atomic E-state index is 10.6. The highest BCUT2D eigenvalue weighted by Gasteiger charge is 2.38. The van der Waals surface area contributed by atoms with Crippen LogP contribution in [0.4, 0.5) is 26.3 Å². The second-order valence-electron chi connectivity index (χ2n) is 3.84. The molecular weight excluding hydrogens is 366 g/mol. The molecule has 25 heavy (non-hydrogen) atoms. The molecule has 3 N–H and O–H groups in total. The van der Waals surface area contributed by atoms with E-state index >= 15 is 0 Å². The highest BCUT2D eigenvalue weighted by Crippen LogP contribution is 2.19. The Morgan fingerprint density at radius 2 is 1.36 bits per heavy atom. The molecule has 1 aromatic heterocycles. The van der Waals surface area contributed by atoms with Gasteiger partial charge in [0.25, 0.3) is 0 Å². The Hall–Kier alpha value is -3.12. The predicted octanol–water partition coefficient (Wildman–Crippen LogP) is 2.60. The molecule has 1 aromatic carbocycles. The quantitative estimate of drug-likeness (QED) is 0.606. The van der Waals surface area contributed by atoms with Crippen LogP contribution in [0.2, 0.25) is 0 Å². The van der Waals surface area contributed by atoms with E-state index in [4.69, 9.17) is 19.8 Å². The molecule has 0 amide bonds. The van der Waals surface area contributed by atoms with Gasteiger partial charge in [0.2, 0.25) is 0 Å². The monoisotopic (exact) mass is 374 g/mol. The molecule has 13 heteroatoms. The van der Waals surface area contributed by atoms with E-state index in [9.17, 15) is 31.4 Å². The molecule has 0 saturated heterocycles. The van der Waals surface area contributed by atoms with Gasteiger partial charge in [0, 0.05) is 11.6 Å². The fraction of sp³-hybridized carbons (Fsp3) is 0.167. The van der Waals surface area contributed by atoms with Crippen LogP contribution in [0.25, 0.3) is 10.9 Å². The van der Waals surface area contributed by atoms with Crippen LogP contribution in [0, 0.1) is 0 Å². The molecule has 2 rings (SSSR count). The van der Waals surface area contributed by atoms with Crippen molar-refractivity contribution < 1.29 is 51.3 Å². The van der Waals surface area contributed by atoms with Crippen molar-refractivity contribution in [2.45, 2.75) is 12.4 Å². The lowest BCUT2D eigenvalue weighted by atomic mass is 10.2. The van der Waals surface area contributed by atoms with E-state index in [0.29, 0.717) is 5.52 Å². The SMILES string of the molecule is O=C(O)C(F)(F)F.O=C(O)C(F)(F)F.Oc1cccc2cncnc12. The maximum Gasteiger partial charge on any atom is 0.490 e. The van der Waals surface area contributed by atoms with Crippen LogP contribution in [0.5, 0.6) is 5.75 Å². The topological polar surface area (TPSA) is 121 Å². The van der Waals surface area contributed by atoms with Crippen molar-refractivity contribution in [1.82, 2.24) is 9.97 Å². The maximum absolute atomic E-state index is 10.6. The molecule has 0 atom stereocenters. The summed E-state index contributed by atoms with van der Waals surface area (Å²) >= 11 is 0. The van der Waals surface area contributed by atoms with Crippen LogP contribution >= 0.6 is 0 Å². The zero-order chi connectivity index (χ0) is 19.8. The molecule has 0 aliphatic rings. The van der Waals surface area contributed by atoms with Gasteiger partial charge in [-0.2, -0.15) is 26.3 Å². The molecule has 2 aromatic rings. The number of hydrogen-bond donors (Lipinski definition) is 3. The van der Waals surface area contributed by atoms with Crippen molar-refractivity contribution in [3.8, 4) is 5.75 Å². The average molecular weight is 374 g/mol. The number of benzene rings is 1. The third-order valence-corrected chi connectivity index (χ3v) is 2.00. The van der Waals surface area contributed by atoms with Gasteiger partial charge in [-0.1, -0.05) is 12.1 Å². The normalized spacial score (nSPS) is 10.8. The Kier molecular flexibility index (Phi) is 7.57. The molecular formula is C12H8F6N2O5. The Balaban J connectivity index is 0.000000366. The number of carboxylic acids is 2. The van der Waals surface area contributed by atoms with Crippen LogP contribution in [-0.4, -0.2) is 49.6 Å². The number of rotatable bonds is 0. The third-order valence-electron chi connectivity index (χ3n) is 2.00. The number of phenolic OH excluding ortho intramolecular Hbond substituents is 1. The van der Waals surface area contributed by atoms with Gasteiger partial charge < -0.3 is 15.3 Å². The molecule has 138 valence electrons. The fourth-order valence-corrected chi connectivity index (χ4v) is 0.998. The van der Waals surface area contributed by atoms with Gasteiger partial charge in [0.1, 0.15) is 17.6 Å². The van der Waals surface area contributed by atoms with Crippen molar-refractivity contribution in [1.29, 1.82) is 0 Å². The number of phenols is 1. The number of hydrogen-bond acceptors (Lipinski definition) is 5. The van der Waals surface area contributed by atoms with Gasteiger partial charge in [-0.3, -0.25) is 0 Å². The number of aliphatic carboxylic acids is 2. The molecule has 0 bridgehead atoms. The number of carboxylic acid groups (broad SMARTS) is 2. The number of halogens is 6. The molecule has 1 heterocycles. The van der Waals surface area contributed by atoms with Gasteiger partial charge in [-0.15, -0.1) is 0 Å². The number of nitrogens with zero attached hydrogens (tertiary/aromatic N) is 2. The van der Waals surface area contributed by atoms with Crippen LogP contribution in [0.3, 0.4) is 0 Å². The minimum absolute atomic E-state index is 0.199. The van der Waals surface area contributed by atoms with Crippen molar-refractivity contribution in [3.63, 3.8) is 0 Å². The highest BCUT2D eigenvalue weighted by molar-refractivity contribution is 5.82. The van der Waals surface area contributed by atoms with Crippen LogP contribution in [0.15, 0.2) is 30.7 Å². The van der Waals surface area contributed by atoms with E-state index in [-0.39, 0.29) is 5.75 Å². The second kappa shape index (κ2) is 8.65. The van der Waals surface area contributed by atoms with Gasteiger partial charge in [-0.25, -0.2) is 19.6 Å². The number of aromatic hydroxyl groups is 1. The molecule has 0 fully saturated rings. The Labute approximate surface area is 134 Å². The van der Waals surface area contributed by atoms with E-state index in [1.165, 1.54) is 6.33 Å². The number of alkyl halides is 6.